The van der Waals surface area contributed by atoms with Crippen molar-refractivity contribution in [2.45, 2.75) is 31.8 Å². The monoisotopic (exact) mass is 258 g/mol. The molecule has 6 nitrogen and oxygen atoms in total. The maximum Gasteiger partial charge on any atom is 0.334 e. The van der Waals surface area contributed by atoms with E-state index in [1.807, 2.05) is 0 Å². The van der Waals surface area contributed by atoms with Crippen molar-refractivity contribution >= 4 is 11.9 Å². The Balaban J connectivity index is 2.14. The van der Waals surface area contributed by atoms with Crippen LogP contribution in [0.25, 0.3) is 0 Å². The van der Waals surface area contributed by atoms with Gasteiger partial charge >= 0.3 is 5.97 Å². The van der Waals surface area contributed by atoms with Crippen molar-refractivity contribution < 1.29 is 19.4 Å². The summed E-state index contributed by atoms with van der Waals surface area (Å²) in [4.78, 5) is 22.2. The highest BCUT2D eigenvalue weighted by Gasteiger charge is 2.18. The molecule has 0 aromatic heterocycles. The number of piperidine rings is 1. The van der Waals surface area contributed by atoms with Gasteiger partial charge in [0.25, 0.3) is 0 Å². The Labute approximate surface area is 107 Å². The van der Waals surface area contributed by atoms with Crippen LogP contribution in [0.3, 0.4) is 0 Å². The van der Waals surface area contributed by atoms with Crippen LogP contribution in [0.1, 0.15) is 25.7 Å². The van der Waals surface area contributed by atoms with Crippen LogP contribution in [0.2, 0.25) is 0 Å². The summed E-state index contributed by atoms with van der Waals surface area (Å²) < 4.78 is 4.73. The molecule has 1 aliphatic rings. The largest absolute Gasteiger partial charge is 0.479 e. The quantitative estimate of drug-likeness (QED) is 0.597. The number of carbonyl (C=O) groups excluding carboxylic acids is 1. The van der Waals surface area contributed by atoms with Crippen molar-refractivity contribution in [1.82, 2.24) is 10.6 Å². The van der Waals surface area contributed by atoms with Gasteiger partial charge in [-0.15, -0.1) is 0 Å². The molecule has 0 aromatic rings. The normalized spacial score (nSPS) is 21.3. The van der Waals surface area contributed by atoms with Crippen LogP contribution in [-0.2, 0) is 14.3 Å². The van der Waals surface area contributed by atoms with Crippen molar-refractivity contribution in [3.63, 3.8) is 0 Å². The summed E-state index contributed by atoms with van der Waals surface area (Å²) in [7, 11) is 1.32. The number of hydrogen-bond donors (Lipinski definition) is 3. The van der Waals surface area contributed by atoms with Crippen LogP contribution in [0, 0.1) is 5.92 Å². The van der Waals surface area contributed by atoms with Gasteiger partial charge in [-0.05, 0) is 38.3 Å². The number of methoxy groups -OCH3 is 1. The highest BCUT2D eigenvalue weighted by molar-refractivity contribution is 5.78. The molecule has 0 radical (unpaired) electrons. The zero-order chi connectivity index (χ0) is 13.4. The minimum absolute atomic E-state index is 0.0214. The van der Waals surface area contributed by atoms with Crippen LogP contribution in [0.15, 0.2) is 0 Å². The fourth-order valence-electron chi connectivity index (χ4n) is 2.07. The summed E-state index contributed by atoms with van der Waals surface area (Å²) in [6.07, 6.45) is 2.66. The number of carboxylic acid groups (broad SMARTS) is 1. The van der Waals surface area contributed by atoms with Gasteiger partial charge in [-0.25, -0.2) is 4.79 Å². The van der Waals surface area contributed by atoms with E-state index in [1.54, 1.807) is 0 Å². The van der Waals surface area contributed by atoms with Gasteiger partial charge < -0.3 is 20.5 Å². The lowest BCUT2D eigenvalue weighted by atomic mass is 9.94. The summed E-state index contributed by atoms with van der Waals surface area (Å²) in [6.45, 7) is 2.06. The van der Waals surface area contributed by atoms with Crippen molar-refractivity contribution in [2.24, 2.45) is 5.92 Å². The number of nitrogens with one attached hydrogen (secondary N) is 2. The van der Waals surface area contributed by atoms with Crippen LogP contribution < -0.4 is 10.6 Å². The zero-order valence-corrected chi connectivity index (χ0v) is 10.8. The molecule has 0 aliphatic carbocycles. The summed E-state index contributed by atoms with van der Waals surface area (Å²) in [6, 6.07) is 0. The second kappa shape index (κ2) is 8.05. The van der Waals surface area contributed by atoms with Crippen LogP contribution in [0.4, 0.5) is 0 Å². The first-order valence-corrected chi connectivity index (χ1v) is 6.36. The van der Waals surface area contributed by atoms with Crippen molar-refractivity contribution in [3.8, 4) is 0 Å². The summed E-state index contributed by atoms with van der Waals surface area (Å²) in [5, 5.41) is 14.6. The van der Waals surface area contributed by atoms with E-state index in [0.29, 0.717) is 12.3 Å². The Kier molecular flexibility index (Phi) is 6.67. The molecule has 2 atom stereocenters. The SMILES string of the molecule is COC(CNC(=O)CCC1CCCNC1)C(=O)O. The minimum Gasteiger partial charge on any atom is -0.479 e. The lowest BCUT2D eigenvalue weighted by Gasteiger charge is -2.22. The predicted molar refractivity (Wildman–Crippen MR) is 66.3 cm³/mol. The van der Waals surface area contributed by atoms with E-state index >= 15 is 0 Å². The molecule has 0 bridgehead atoms. The number of aliphatic carboxylic acids is 1. The van der Waals surface area contributed by atoms with Crippen LogP contribution in [0.5, 0.6) is 0 Å². The first kappa shape index (κ1) is 14.9. The number of hydrogen-bond acceptors (Lipinski definition) is 4. The fourth-order valence-corrected chi connectivity index (χ4v) is 2.07. The molecule has 18 heavy (non-hydrogen) atoms. The van der Waals surface area contributed by atoms with Gasteiger partial charge in [-0.3, -0.25) is 4.79 Å². The van der Waals surface area contributed by atoms with E-state index in [9.17, 15) is 9.59 Å². The van der Waals surface area contributed by atoms with Crippen molar-refractivity contribution in [3.05, 3.63) is 0 Å². The molecule has 6 heteroatoms. The van der Waals surface area contributed by atoms with Gasteiger partial charge in [0.15, 0.2) is 6.10 Å². The smallest absolute Gasteiger partial charge is 0.334 e. The Morgan fingerprint density at radius 2 is 2.33 bits per heavy atom. The highest BCUT2D eigenvalue weighted by atomic mass is 16.5. The number of carboxylic acids is 1. The molecule has 0 aromatic carbocycles. The molecule has 1 aliphatic heterocycles. The topological polar surface area (TPSA) is 87.7 Å². The molecule has 3 N–H and O–H groups in total. The number of ether oxygens (including phenoxy) is 1. The molecule has 1 saturated heterocycles. The highest BCUT2D eigenvalue weighted by Crippen LogP contribution is 2.15. The van der Waals surface area contributed by atoms with Gasteiger partial charge in [0.2, 0.25) is 5.91 Å². The molecule has 104 valence electrons. The average Bonchev–Trinajstić information content (AvgIpc) is 2.38. The lowest BCUT2D eigenvalue weighted by Crippen LogP contribution is -2.38. The van der Waals surface area contributed by atoms with E-state index in [-0.39, 0.29) is 12.5 Å². The lowest BCUT2D eigenvalue weighted by molar-refractivity contribution is -0.148. The molecule has 2 unspecified atom stereocenters. The van der Waals surface area contributed by atoms with E-state index in [0.717, 1.165) is 32.4 Å². The standard InChI is InChI=1S/C12H22N2O4/c1-18-10(12(16)17)8-14-11(15)5-4-9-3-2-6-13-7-9/h9-10,13H,2-8H2,1H3,(H,14,15)(H,16,17). The zero-order valence-electron chi connectivity index (χ0n) is 10.8. The number of carbonyl (C=O) groups is 2. The van der Waals surface area contributed by atoms with E-state index in [2.05, 4.69) is 10.6 Å². The molecule has 1 rings (SSSR count). The van der Waals surface area contributed by atoms with Gasteiger partial charge in [-0.2, -0.15) is 0 Å². The first-order valence-electron chi connectivity index (χ1n) is 6.36. The third-order valence-electron chi connectivity index (χ3n) is 3.22. The van der Waals surface area contributed by atoms with Crippen molar-refractivity contribution in [2.75, 3.05) is 26.7 Å². The summed E-state index contributed by atoms with van der Waals surface area (Å²) >= 11 is 0. The summed E-state index contributed by atoms with van der Waals surface area (Å²) in [5.74, 6) is -0.611. The summed E-state index contributed by atoms with van der Waals surface area (Å²) in [5.41, 5.74) is 0. The van der Waals surface area contributed by atoms with Gasteiger partial charge in [-0.1, -0.05) is 0 Å². The Morgan fingerprint density at radius 3 is 2.89 bits per heavy atom. The second-order valence-corrected chi connectivity index (χ2v) is 4.62. The maximum absolute atomic E-state index is 11.5. The Hall–Kier alpha value is -1.14. The van der Waals surface area contributed by atoms with E-state index in [4.69, 9.17) is 9.84 Å². The number of rotatable bonds is 7. The van der Waals surface area contributed by atoms with Crippen molar-refractivity contribution in [1.29, 1.82) is 0 Å². The third-order valence-corrected chi connectivity index (χ3v) is 3.22. The minimum atomic E-state index is -1.06. The molecular weight excluding hydrogens is 236 g/mol. The molecule has 0 spiro atoms. The Morgan fingerprint density at radius 1 is 1.56 bits per heavy atom. The molecule has 1 heterocycles. The van der Waals surface area contributed by atoms with Gasteiger partial charge in [0.1, 0.15) is 0 Å². The molecule has 1 fully saturated rings. The Bertz CT molecular complexity index is 277. The van der Waals surface area contributed by atoms with Gasteiger partial charge in [0, 0.05) is 13.5 Å². The van der Waals surface area contributed by atoms with E-state index < -0.39 is 12.1 Å². The van der Waals surface area contributed by atoms with Gasteiger partial charge in [0.05, 0.1) is 6.54 Å². The first-order chi connectivity index (χ1) is 8.63. The fraction of sp³-hybridized carbons (Fsp3) is 0.833. The average molecular weight is 258 g/mol. The van der Waals surface area contributed by atoms with E-state index in [1.165, 1.54) is 7.11 Å². The second-order valence-electron chi connectivity index (χ2n) is 4.62. The predicted octanol–water partition coefficient (Wildman–Crippen LogP) is -0.0180. The third kappa shape index (κ3) is 5.46. The molecular formula is C12H22N2O4. The van der Waals surface area contributed by atoms with Crippen LogP contribution >= 0.6 is 0 Å². The molecule has 1 amide bonds. The maximum atomic E-state index is 11.5. The molecule has 0 saturated carbocycles. The van der Waals surface area contributed by atoms with Crippen LogP contribution in [-0.4, -0.2) is 49.8 Å². The number of amides is 1.